The average molecular weight is 405 g/mol. The van der Waals surface area contributed by atoms with Crippen molar-refractivity contribution in [2.45, 2.75) is 52.2 Å². The van der Waals surface area contributed by atoms with E-state index in [9.17, 15) is 4.79 Å². The minimum absolute atomic E-state index is 0.114. The number of benzene rings is 1. The molecule has 5 rings (SSSR count). The Bertz CT molecular complexity index is 1090. The van der Waals surface area contributed by atoms with Gasteiger partial charge >= 0.3 is 0 Å². The molecule has 1 aliphatic heterocycles. The second kappa shape index (κ2) is 7.76. The highest BCUT2D eigenvalue weighted by atomic mass is 16.5. The lowest BCUT2D eigenvalue weighted by atomic mass is 9.93. The topological polar surface area (TPSA) is 69.3 Å². The molecule has 1 fully saturated rings. The molecule has 1 amide bonds. The zero-order chi connectivity index (χ0) is 20.7. The van der Waals surface area contributed by atoms with Gasteiger partial charge in [0.2, 0.25) is 0 Å². The zero-order valence-corrected chi connectivity index (χ0v) is 17.5. The summed E-state index contributed by atoms with van der Waals surface area (Å²) in [6, 6.07) is 8.38. The van der Waals surface area contributed by atoms with Crippen LogP contribution in [0.5, 0.6) is 0 Å². The van der Waals surface area contributed by atoms with E-state index in [4.69, 9.17) is 14.3 Å². The van der Waals surface area contributed by atoms with E-state index in [1.807, 2.05) is 11.6 Å². The maximum Gasteiger partial charge on any atom is 0.287 e. The Hall–Kier alpha value is -2.86. The predicted octanol–water partition coefficient (Wildman–Crippen LogP) is 3.82. The summed E-state index contributed by atoms with van der Waals surface area (Å²) in [5, 5.41) is 7.85. The summed E-state index contributed by atoms with van der Waals surface area (Å²) in [7, 11) is 0. The first kappa shape index (κ1) is 19.1. The van der Waals surface area contributed by atoms with Gasteiger partial charge in [-0.2, -0.15) is 5.10 Å². The van der Waals surface area contributed by atoms with Gasteiger partial charge in [-0.15, -0.1) is 0 Å². The number of hydrogen-bond donors (Lipinski definition) is 1. The van der Waals surface area contributed by atoms with Crippen LogP contribution in [0.3, 0.4) is 0 Å². The molecule has 0 spiro atoms. The maximum absolute atomic E-state index is 12.7. The van der Waals surface area contributed by atoms with E-state index in [1.54, 1.807) is 0 Å². The molecule has 6 heteroatoms. The highest BCUT2D eigenvalue weighted by molar-refractivity contribution is 5.95. The monoisotopic (exact) mass is 405 g/mol. The SMILES string of the molecule is Cc1ccccc1Cn1cc2c(n1)-c1c(oc(C(=O)NC[C@@H]3CCCO3)c1C)CC2. The van der Waals surface area contributed by atoms with Gasteiger partial charge in [-0.05, 0) is 49.8 Å². The molecule has 156 valence electrons. The number of fused-ring (bicyclic) bond motifs is 3. The summed E-state index contributed by atoms with van der Waals surface area (Å²) < 4.78 is 13.6. The Morgan fingerprint density at radius 1 is 1.27 bits per heavy atom. The molecule has 0 bridgehead atoms. The van der Waals surface area contributed by atoms with Crippen molar-refractivity contribution in [2.24, 2.45) is 0 Å². The van der Waals surface area contributed by atoms with E-state index in [2.05, 4.69) is 42.7 Å². The number of amides is 1. The Balaban J connectivity index is 1.39. The summed E-state index contributed by atoms with van der Waals surface area (Å²) in [5.41, 5.74) is 6.54. The van der Waals surface area contributed by atoms with E-state index in [-0.39, 0.29) is 12.0 Å². The van der Waals surface area contributed by atoms with Crippen molar-refractivity contribution < 1.29 is 13.9 Å². The fraction of sp³-hybridized carbons (Fsp3) is 0.417. The summed E-state index contributed by atoms with van der Waals surface area (Å²) in [4.78, 5) is 12.7. The lowest BCUT2D eigenvalue weighted by Gasteiger charge is -2.10. The van der Waals surface area contributed by atoms with E-state index in [0.717, 1.165) is 61.4 Å². The van der Waals surface area contributed by atoms with E-state index in [1.165, 1.54) is 16.7 Å². The fourth-order valence-electron chi connectivity index (χ4n) is 4.52. The van der Waals surface area contributed by atoms with Crippen LogP contribution >= 0.6 is 0 Å². The number of nitrogens with one attached hydrogen (secondary N) is 1. The van der Waals surface area contributed by atoms with Gasteiger partial charge in [-0.3, -0.25) is 9.48 Å². The predicted molar refractivity (Wildman–Crippen MR) is 114 cm³/mol. The molecule has 1 saturated heterocycles. The van der Waals surface area contributed by atoms with E-state index in [0.29, 0.717) is 12.3 Å². The van der Waals surface area contributed by atoms with Crippen molar-refractivity contribution in [1.29, 1.82) is 0 Å². The van der Waals surface area contributed by atoms with Crippen LogP contribution < -0.4 is 5.32 Å². The number of furan rings is 1. The van der Waals surface area contributed by atoms with Gasteiger partial charge in [0, 0.05) is 36.9 Å². The molecule has 1 aliphatic carbocycles. The molecule has 2 aromatic heterocycles. The average Bonchev–Trinajstić information content (AvgIpc) is 3.46. The minimum atomic E-state index is -0.168. The highest BCUT2D eigenvalue weighted by Gasteiger charge is 2.30. The summed E-state index contributed by atoms with van der Waals surface area (Å²) in [6.45, 7) is 6.13. The van der Waals surface area contributed by atoms with Crippen LogP contribution in [0.4, 0.5) is 0 Å². The molecular weight excluding hydrogens is 378 g/mol. The standard InChI is InChI=1S/C24H27N3O3/c1-15-6-3-4-7-17(15)13-27-14-18-9-10-20-21(22(18)26-27)16(2)23(30-20)24(28)25-12-19-8-5-11-29-19/h3-4,6-7,14,19H,5,8-13H2,1-2H3,(H,25,28)/t19-/m0/s1. The van der Waals surface area contributed by atoms with Gasteiger partial charge < -0.3 is 14.5 Å². The van der Waals surface area contributed by atoms with Crippen LogP contribution in [0.15, 0.2) is 34.9 Å². The van der Waals surface area contributed by atoms with Gasteiger partial charge in [0.15, 0.2) is 5.76 Å². The minimum Gasteiger partial charge on any atom is -0.455 e. The summed E-state index contributed by atoms with van der Waals surface area (Å²) >= 11 is 0. The molecule has 2 aliphatic rings. The van der Waals surface area contributed by atoms with Crippen LogP contribution in [-0.4, -0.2) is 34.9 Å². The van der Waals surface area contributed by atoms with Gasteiger partial charge in [-0.25, -0.2) is 0 Å². The Morgan fingerprint density at radius 3 is 2.93 bits per heavy atom. The van der Waals surface area contributed by atoms with Gasteiger partial charge in [-0.1, -0.05) is 24.3 Å². The van der Waals surface area contributed by atoms with Crippen molar-refractivity contribution in [2.75, 3.05) is 13.2 Å². The number of aromatic nitrogens is 2. The smallest absolute Gasteiger partial charge is 0.287 e. The lowest BCUT2D eigenvalue weighted by Crippen LogP contribution is -2.31. The number of rotatable bonds is 5. The fourth-order valence-corrected chi connectivity index (χ4v) is 4.52. The lowest BCUT2D eigenvalue weighted by molar-refractivity contribution is 0.0833. The third kappa shape index (κ3) is 3.45. The van der Waals surface area contributed by atoms with Crippen molar-refractivity contribution in [3.63, 3.8) is 0 Å². The first-order valence-corrected chi connectivity index (χ1v) is 10.7. The molecule has 3 aromatic rings. The Kier molecular flexibility index (Phi) is 4.95. The molecule has 3 heterocycles. The van der Waals surface area contributed by atoms with Crippen LogP contribution in [0.2, 0.25) is 0 Å². The quantitative estimate of drug-likeness (QED) is 0.701. The first-order valence-electron chi connectivity index (χ1n) is 10.7. The van der Waals surface area contributed by atoms with Crippen LogP contribution in [0, 0.1) is 13.8 Å². The second-order valence-electron chi connectivity index (χ2n) is 8.33. The molecule has 6 nitrogen and oxygen atoms in total. The van der Waals surface area contributed by atoms with Gasteiger partial charge in [0.1, 0.15) is 5.76 Å². The molecule has 0 radical (unpaired) electrons. The first-order chi connectivity index (χ1) is 14.6. The zero-order valence-electron chi connectivity index (χ0n) is 17.5. The number of carbonyl (C=O) groups is 1. The number of nitrogens with zero attached hydrogens (tertiary/aromatic N) is 2. The third-order valence-corrected chi connectivity index (χ3v) is 6.23. The van der Waals surface area contributed by atoms with Crippen LogP contribution in [-0.2, 0) is 24.1 Å². The number of aryl methyl sites for hydroxylation is 3. The molecule has 0 unspecified atom stereocenters. The van der Waals surface area contributed by atoms with Crippen molar-refractivity contribution in [3.05, 3.63) is 64.2 Å². The van der Waals surface area contributed by atoms with Gasteiger partial charge in [0.05, 0.1) is 18.3 Å². The molecule has 1 N–H and O–H groups in total. The van der Waals surface area contributed by atoms with Crippen LogP contribution in [0.25, 0.3) is 11.3 Å². The van der Waals surface area contributed by atoms with Crippen molar-refractivity contribution in [3.8, 4) is 11.3 Å². The molecule has 1 aromatic carbocycles. The summed E-state index contributed by atoms with van der Waals surface area (Å²) in [6.07, 6.45) is 5.97. The third-order valence-electron chi connectivity index (χ3n) is 6.23. The molecule has 1 atom stereocenters. The van der Waals surface area contributed by atoms with E-state index >= 15 is 0 Å². The van der Waals surface area contributed by atoms with Gasteiger partial charge in [0.25, 0.3) is 5.91 Å². The Labute approximate surface area is 176 Å². The normalized spacial score (nSPS) is 17.6. The Morgan fingerprint density at radius 2 is 2.13 bits per heavy atom. The second-order valence-corrected chi connectivity index (χ2v) is 8.33. The van der Waals surface area contributed by atoms with Crippen LogP contribution in [0.1, 0.15) is 51.4 Å². The molecule has 30 heavy (non-hydrogen) atoms. The summed E-state index contributed by atoms with van der Waals surface area (Å²) in [5.74, 6) is 1.10. The number of hydrogen-bond acceptors (Lipinski definition) is 4. The van der Waals surface area contributed by atoms with Crippen molar-refractivity contribution in [1.82, 2.24) is 15.1 Å². The highest BCUT2D eigenvalue weighted by Crippen LogP contribution is 2.38. The molecule has 0 saturated carbocycles. The number of ether oxygens (including phenoxy) is 1. The largest absolute Gasteiger partial charge is 0.455 e. The number of carbonyl (C=O) groups excluding carboxylic acids is 1. The maximum atomic E-state index is 12.7. The molecular formula is C24H27N3O3. The van der Waals surface area contributed by atoms with E-state index < -0.39 is 0 Å². The van der Waals surface area contributed by atoms with Crippen molar-refractivity contribution >= 4 is 5.91 Å².